The summed E-state index contributed by atoms with van der Waals surface area (Å²) in [5.74, 6) is 0. The van der Waals surface area contributed by atoms with Gasteiger partial charge in [0.2, 0.25) is 0 Å². The van der Waals surface area contributed by atoms with Crippen LogP contribution in [0.4, 0.5) is 5.69 Å². The summed E-state index contributed by atoms with van der Waals surface area (Å²) in [5.41, 5.74) is 1.27. The normalized spacial score (nSPS) is 11.4. The fourth-order valence-electron chi connectivity index (χ4n) is 1.50. The van der Waals surface area contributed by atoms with Gasteiger partial charge in [-0.1, -0.05) is 0 Å². The number of nitrogens with one attached hydrogen (secondary N) is 1. The van der Waals surface area contributed by atoms with Crippen LogP contribution in [-0.4, -0.2) is 18.5 Å². The molecule has 5 nitrogen and oxygen atoms in total. The molecule has 0 aliphatic rings. The van der Waals surface area contributed by atoms with Crippen LogP contribution in [0, 0.1) is 6.92 Å². The van der Waals surface area contributed by atoms with E-state index in [2.05, 4.69) is 9.71 Å². The number of rotatable bonds is 4. The van der Waals surface area contributed by atoms with E-state index in [-0.39, 0.29) is 11.5 Å². The summed E-state index contributed by atoms with van der Waals surface area (Å²) in [7, 11) is -3.67. The quantitative estimate of drug-likeness (QED) is 0.896. The van der Waals surface area contributed by atoms with E-state index < -0.39 is 10.0 Å². The molecule has 0 spiro atoms. The number of hydrogen-bond donors (Lipinski definition) is 2. The van der Waals surface area contributed by atoms with Gasteiger partial charge in [-0.3, -0.25) is 9.71 Å². The molecule has 0 aliphatic heterocycles. The number of aromatic nitrogens is 1. The lowest BCUT2D eigenvalue weighted by Gasteiger charge is -2.08. The Bertz CT molecular complexity index is 650. The SMILES string of the molecule is Cc1cncc(NS(=O)(=O)c2ccsc2CO)c1. The van der Waals surface area contributed by atoms with Gasteiger partial charge >= 0.3 is 0 Å². The number of sulfonamides is 1. The lowest BCUT2D eigenvalue weighted by atomic mass is 10.3. The Balaban J connectivity index is 2.33. The highest BCUT2D eigenvalue weighted by Crippen LogP contribution is 2.24. The third-order valence-electron chi connectivity index (χ3n) is 2.26. The van der Waals surface area contributed by atoms with E-state index in [9.17, 15) is 8.42 Å². The number of pyridine rings is 1. The summed E-state index contributed by atoms with van der Waals surface area (Å²) in [5, 5.41) is 10.7. The standard InChI is InChI=1S/C11H12N2O3S2/c1-8-4-9(6-12-5-8)13-18(15,16)11-2-3-17-10(11)7-14/h2-6,13-14H,7H2,1H3. The van der Waals surface area contributed by atoms with Crippen molar-refractivity contribution < 1.29 is 13.5 Å². The van der Waals surface area contributed by atoms with Gasteiger partial charge < -0.3 is 5.11 Å². The molecule has 2 N–H and O–H groups in total. The first-order valence-electron chi connectivity index (χ1n) is 5.14. The van der Waals surface area contributed by atoms with Gasteiger partial charge in [-0.25, -0.2) is 8.42 Å². The molecular formula is C11H12N2O3S2. The van der Waals surface area contributed by atoms with Gasteiger partial charge in [0.1, 0.15) is 4.90 Å². The van der Waals surface area contributed by atoms with Gasteiger partial charge in [0.15, 0.2) is 0 Å². The second-order valence-corrected chi connectivity index (χ2v) is 6.37. The molecule has 2 rings (SSSR count). The number of aliphatic hydroxyl groups excluding tert-OH is 1. The van der Waals surface area contributed by atoms with Gasteiger partial charge in [0, 0.05) is 6.20 Å². The lowest BCUT2D eigenvalue weighted by Crippen LogP contribution is -2.14. The summed E-state index contributed by atoms with van der Waals surface area (Å²) in [6.45, 7) is 1.54. The smallest absolute Gasteiger partial charge is 0.263 e. The van der Waals surface area contributed by atoms with Crippen molar-refractivity contribution >= 4 is 27.0 Å². The topological polar surface area (TPSA) is 79.3 Å². The van der Waals surface area contributed by atoms with Crippen molar-refractivity contribution in [1.29, 1.82) is 0 Å². The lowest BCUT2D eigenvalue weighted by molar-refractivity contribution is 0.282. The average Bonchev–Trinajstić information content (AvgIpc) is 2.77. The van der Waals surface area contributed by atoms with Crippen molar-refractivity contribution in [2.75, 3.05) is 4.72 Å². The fraction of sp³-hybridized carbons (Fsp3) is 0.182. The first-order valence-corrected chi connectivity index (χ1v) is 7.51. The van der Waals surface area contributed by atoms with Crippen LogP contribution < -0.4 is 4.72 Å². The zero-order chi connectivity index (χ0) is 13.2. The second-order valence-electron chi connectivity index (χ2n) is 3.72. The minimum atomic E-state index is -3.67. The number of aryl methyl sites for hydroxylation is 1. The van der Waals surface area contributed by atoms with E-state index in [1.807, 2.05) is 6.92 Å². The molecule has 0 bridgehead atoms. The van der Waals surface area contributed by atoms with Crippen LogP contribution in [0.25, 0.3) is 0 Å². The Morgan fingerprint density at radius 2 is 2.22 bits per heavy atom. The Morgan fingerprint density at radius 1 is 1.44 bits per heavy atom. The van der Waals surface area contributed by atoms with Crippen LogP contribution in [0.3, 0.4) is 0 Å². The Hall–Kier alpha value is -1.44. The van der Waals surface area contributed by atoms with Crippen molar-refractivity contribution in [3.05, 3.63) is 40.3 Å². The maximum atomic E-state index is 12.1. The highest BCUT2D eigenvalue weighted by molar-refractivity contribution is 7.93. The number of thiophene rings is 1. The van der Waals surface area contributed by atoms with Crippen molar-refractivity contribution in [1.82, 2.24) is 4.98 Å². The van der Waals surface area contributed by atoms with E-state index in [1.165, 1.54) is 23.6 Å². The molecule has 0 atom stereocenters. The Labute approximate surface area is 109 Å². The predicted octanol–water partition coefficient (Wildman–Crippen LogP) is 1.74. The molecule has 0 fully saturated rings. The van der Waals surface area contributed by atoms with Crippen LogP contribution in [0.2, 0.25) is 0 Å². The third kappa shape index (κ3) is 2.69. The van der Waals surface area contributed by atoms with Gasteiger partial charge in [0.25, 0.3) is 10.0 Å². The maximum absolute atomic E-state index is 12.1. The molecule has 2 aromatic rings. The van der Waals surface area contributed by atoms with E-state index >= 15 is 0 Å². The Morgan fingerprint density at radius 3 is 2.89 bits per heavy atom. The second kappa shape index (κ2) is 5.05. The minimum Gasteiger partial charge on any atom is -0.391 e. The molecule has 18 heavy (non-hydrogen) atoms. The van der Waals surface area contributed by atoms with E-state index in [4.69, 9.17) is 5.11 Å². The predicted molar refractivity (Wildman–Crippen MR) is 70.0 cm³/mol. The van der Waals surface area contributed by atoms with Crippen LogP contribution in [0.15, 0.2) is 34.8 Å². The van der Waals surface area contributed by atoms with Crippen LogP contribution >= 0.6 is 11.3 Å². The summed E-state index contributed by atoms with van der Waals surface area (Å²) in [6, 6.07) is 3.16. The number of nitrogens with zero attached hydrogens (tertiary/aromatic N) is 1. The number of aliphatic hydroxyl groups is 1. The van der Waals surface area contributed by atoms with E-state index in [0.717, 1.165) is 5.56 Å². The Kier molecular flexibility index (Phi) is 3.65. The molecule has 0 saturated carbocycles. The molecule has 96 valence electrons. The van der Waals surface area contributed by atoms with Crippen molar-refractivity contribution in [3.63, 3.8) is 0 Å². The van der Waals surface area contributed by atoms with Crippen molar-refractivity contribution in [2.45, 2.75) is 18.4 Å². The highest BCUT2D eigenvalue weighted by Gasteiger charge is 2.19. The highest BCUT2D eigenvalue weighted by atomic mass is 32.2. The van der Waals surface area contributed by atoms with Crippen molar-refractivity contribution in [3.8, 4) is 0 Å². The van der Waals surface area contributed by atoms with Gasteiger partial charge in [-0.2, -0.15) is 0 Å². The zero-order valence-electron chi connectivity index (χ0n) is 9.62. The summed E-state index contributed by atoms with van der Waals surface area (Å²) < 4.78 is 26.7. The average molecular weight is 284 g/mol. The zero-order valence-corrected chi connectivity index (χ0v) is 11.3. The maximum Gasteiger partial charge on any atom is 0.263 e. The van der Waals surface area contributed by atoms with Gasteiger partial charge in [-0.05, 0) is 30.0 Å². The molecule has 0 aliphatic carbocycles. The molecule has 2 aromatic heterocycles. The molecule has 2 heterocycles. The fourth-order valence-corrected chi connectivity index (χ4v) is 3.83. The molecular weight excluding hydrogens is 272 g/mol. The monoisotopic (exact) mass is 284 g/mol. The summed E-state index contributed by atoms with van der Waals surface area (Å²) in [4.78, 5) is 4.45. The molecule has 0 amide bonds. The van der Waals surface area contributed by atoms with Crippen molar-refractivity contribution in [2.24, 2.45) is 0 Å². The molecule has 0 saturated heterocycles. The molecule has 0 aromatic carbocycles. The summed E-state index contributed by atoms with van der Waals surface area (Å²) in [6.07, 6.45) is 3.08. The first kappa shape index (κ1) is 13.0. The summed E-state index contributed by atoms with van der Waals surface area (Å²) >= 11 is 1.21. The van der Waals surface area contributed by atoms with Crippen LogP contribution in [-0.2, 0) is 16.6 Å². The largest absolute Gasteiger partial charge is 0.391 e. The van der Waals surface area contributed by atoms with E-state index in [1.54, 1.807) is 17.6 Å². The number of anilines is 1. The molecule has 7 heteroatoms. The van der Waals surface area contributed by atoms with Gasteiger partial charge in [0.05, 0.1) is 23.4 Å². The van der Waals surface area contributed by atoms with Gasteiger partial charge in [-0.15, -0.1) is 11.3 Å². The van der Waals surface area contributed by atoms with Crippen LogP contribution in [0.5, 0.6) is 0 Å². The third-order valence-corrected chi connectivity index (χ3v) is 4.77. The van der Waals surface area contributed by atoms with E-state index in [0.29, 0.717) is 10.6 Å². The molecule has 0 radical (unpaired) electrons. The van der Waals surface area contributed by atoms with Crippen LogP contribution in [0.1, 0.15) is 10.4 Å². The molecule has 0 unspecified atom stereocenters. The number of hydrogen-bond acceptors (Lipinski definition) is 5. The first-order chi connectivity index (χ1) is 8.53. The minimum absolute atomic E-state index is 0.108.